The van der Waals surface area contributed by atoms with E-state index < -0.39 is 5.60 Å². The summed E-state index contributed by atoms with van der Waals surface area (Å²) in [6, 6.07) is 0. The summed E-state index contributed by atoms with van der Waals surface area (Å²) >= 11 is 6.10. The molecule has 4 nitrogen and oxygen atoms in total. The van der Waals surface area contributed by atoms with Gasteiger partial charge in [-0.15, -0.1) is 11.6 Å². The molecule has 3 unspecified atom stereocenters. The molecule has 3 rings (SSSR count). The Bertz CT molecular complexity index is 579. The molecule has 1 saturated carbocycles. The second kappa shape index (κ2) is 5.82. The highest BCUT2D eigenvalue weighted by atomic mass is 35.5. The second-order valence-electron chi connectivity index (χ2n) is 7.23. The largest absolute Gasteiger partial charge is 0.387 e. The van der Waals surface area contributed by atoms with Crippen molar-refractivity contribution < 1.29 is 5.11 Å². The lowest BCUT2D eigenvalue weighted by molar-refractivity contribution is -0.0905. The topological polar surface area (TPSA) is 50.9 Å². The van der Waals surface area contributed by atoms with E-state index in [-0.39, 0.29) is 16.7 Å². The lowest BCUT2D eigenvalue weighted by Crippen LogP contribution is -2.48. The molecule has 0 amide bonds. The Kier molecular flexibility index (Phi) is 4.17. The van der Waals surface area contributed by atoms with Crippen LogP contribution in [0.5, 0.6) is 0 Å². The van der Waals surface area contributed by atoms with Crippen molar-refractivity contribution in [3.05, 3.63) is 36.5 Å². The van der Waals surface area contributed by atoms with Crippen LogP contribution in [0, 0.1) is 11.3 Å². The lowest BCUT2D eigenvalue weighted by atomic mass is 9.72. The maximum Gasteiger partial charge on any atom is 0.137 e. The molecule has 1 aromatic rings. The maximum absolute atomic E-state index is 11.5. The summed E-state index contributed by atoms with van der Waals surface area (Å²) in [7, 11) is 0. The van der Waals surface area contributed by atoms with Gasteiger partial charge in [-0.1, -0.05) is 37.6 Å². The van der Waals surface area contributed by atoms with E-state index in [1.54, 1.807) is 11.0 Å². The molecule has 1 aromatic heterocycles. The first-order chi connectivity index (χ1) is 10.4. The molecule has 120 valence electrons. The van der Waals surface area contributed by atoms with Crippen LogP contribution >= 0.6 is 11.6 Å². The number of rotatable bonds is 4. The van der Waals surface area contributed by atoms with E-state index in [0.717, 1.165) is 25.7 Å². The highest BCUT2D eigenvalue weighted by Crippen LogP contribution is 2.52. The summed E-state index contributed by atoms with van der Waals surface area (Å²) in [5.74, 6) is 0.231. The smallest absolute Gasteiger partial charge is 0.137 e. The third-order valence-corrected chi connectivity index (χ3v) is 5.76. The van der Waals surface area contributed by atoms with Gasteiger partial charge in [-0.05, 0) is 37.0 Å². The molecule has 1 heterocycles. The van der Waals surface area contributed by atoms with Crippen molar-refractivity contribution in [1.29, 1.82) is 0 Å². The van der Waals surface area contributed by atoms with Crippen LogP contribution in [0.25, 0.3) is 0 Å². The Morgan fingerprint density at radius 2 is 2.27 bits per heavy atom. The Morgan fingerprint density at radius 1 is 1.45 bits per heavy atom. The number of hydrogen-bond acceptors (Lipinski definition) is 3. The summed E-state index contributed by atoms with van der Waals surface area (Å²) in [5.41, 5.74) is 0.390. The average Bonchev–Trinajstić information content (AvgIpc) is 3.04. The Labute approximate surface area is 136 Å². The SMILES string of the molecule is CC1(C)CCC(CC2=CCC(Cl)C=C2)C1(O)Cn1cncn1. The first-order valence-corrected chi connectivity index (χ1v) is 8.40. The maximum atomic E-state index is 11.5. The molecular weight excluding hydrogens is 298 g/mol. The number of alkyl halides is 1. The van der Waals surface area contributed by atoms with E-state index in [4.69, 9.17) is 11.6 Å². The van der Waals surface area contributed by atoms with E-state index in [0.29, 0.717) is 6.54 Å². The number of nitrogens with zero attached hydrogens (tertiary/aromatic N) is 3. The monoisotopic (exact) mass is 321 g/mol. The summed E-state index contributed by atoms with van der Waals surface area (Å²) < 4.78 is 1.75. The van der Waals surface area contributed by atoms with Crippen molar-refractivity contribution >= 4 is 11.6 Å². The molecule has 0 saturated heterocycles. The van der Waals surface area contributed by atoms with Crippen LogP contribution in [0.15, 0.2) is 36.5 Å². The van der Waals surface area contributed by atoms with Crippen molar-refractivity contribution in [2.45, 2.75) is 57.1 Å². The Balaban J connectivity index is 1.79. The van der Waals surface area contributed by atoms with E-state index >= 15 is 0 Å². The van der Waals surface area contributed by atoms with Gasteiger partial charge in [0.05, 0.1) is 17.5 Å². The van der Waals surface area contributed by atoms with Gasteiger partial charge in [0.15, 0.2) is 0 Å². The highest BCUT2D eigenvalue weighted by Gasteiger charge is 2.54. The molecule has 22 heavy (non-hydrogen) atoms. The molecule has 2 aliphatic carbocycles. The van der Waals surface area contributed by atoms with Gasteiger partial charge in [-0.25, -0.2) is 4.98 Å². The summed E-state index contributed by atoms with van der Waals surface area (Å²) in [6.07, 6.45) is 13.4. The predicted molar refractivity (Wildman–Crippen MR) is 87.6 cm³/mol. The van der Waals surface area contributed by atoms with E-state index in [2.05, 4.69) is 36.1 Å². The minimum Gasteiger partial charge on any atom is -0.387 e. The fourth-order valence-electron chi connectivity index (χ4n) is 3.79. The Hall–Kier alpha value is -1.13. The van der Waals surface area contributed by atoms with Crippen LogP contribution in [-0.4, -0.2) is 30.8 Å². The minimum absolute atomic E-state index is 0.109. The van der Waals surface area contributed by atoms with E-state index in [9.17, 15) is 5.11 Å². The first-order valence-electron chi connectivity index (χ1n) is 7.97. The van der Waals surface area contributed by atoms with Crippen molar-refractivity contribution in [2.75, 3.05) is 0 Å². The van der Waals surface area contributed by atoms with Crippen molar-refractivity contribution in [1.82, 2.24) is 14.8 Å². The third kappa shape index (κ3) is 2.86. The number of halogens is 1. The van der Waals surface area contributed by atoms with Crippen LogP contribution in [0.4, 0.5) is 0 Å². The molecule has 0 radical (unpaired) electrons. The van der Waals surface area contributed by atoms with Crippen LogP contribution in [-0.2, 0) is 6.54 Å². The molecule has 0 spiro atoms. The van der Waals surface area contributed by atoms with Gasteiger partial charge in [0.2, 0.25) is 0 Å². The van der Waals surface area contributed by atoms with Gasteiger partial charge < -0.3 is 5.11 Å². The van der Waals surface area contributed by atoms with Gasteiger partial charge >= 0.3 is 0 Å². The molecule has 3 atom stereocenters. The zero-order valence-corrected chi connectivity index (χ0v) is 14.0. The molecule has 1 fully saturated rings. The number of allylic oxidation sites excluding steroid dienone is 4. The molecule has 1 N–H and O–H groups in total. The van der Waals surface area contributed by atoms with Crippen LogP contribution in [0.2, 0.25) is 0 Å². The van der Waals surface area contributed by atoms with Gasteiger partial charge in [-0.2, -0.15) is 5.10 Å². The van der Waals surface area contributed by atoms with Crippen LogP contribution in [0.1, 0.15) is 39.5 Å². The highest BCUT2D eigenvalue weighted by molar-refractivity contribution is 6.22. The average molecular weight is 322 g/mol. The number of aliphatic hydroxyl groups is 1. The second-order valence-corrected chi connectivity index (χ2v) is 7.79. The zero-order chi connectivity index (χ0) is 15.8. The summed E-state index contributed by atoms with van der Waals surface area (Å²) in [4.78, 5) is 4.00. The van der Waals surface area contributed by atoms with Gasteiger partial charge in [0.25, 0.3) is 0 Å². The fraction of sp³-hybridized carbons (Fsp3) is 0.647. The fourth-order valence-corrected chi connectivity index (χ4v) is 3.95. The number of hydrogen-bond donors (Lipinski definition) is 1. The van der Waals surface area contributed by atoms with Gasteiger partial charge in [0, 0.05) is 0 Å². The van der Waals surface area contributed by atoms with Gasteiger partial charge in [0.1, 0.15) is 12.7 Å². The molecule has 0 aromatic carbocycles. The summed E-state index contributed by atoms with van der Waals surface area (Å²) in [5, 5.41) is 15.8. The lowest BCUT2D eigenvalue weighted by Gasteiger charge is -2.41. The van der Waals surface area contributed by atoms with Crippen LogP contribution in [0.3, 0.4) is 0 Å². The van der Waals surface area contributed by atoms with Crippen molar-refractivity contribution in [3.8, 4) is 0 Å². The molecule has 0 bridgehead atoms. The Morgan fingerprint density at radius 3 is 2.91 bits per heavy atom. The van der Waals surface area contributed by atoms with Crippen molar-refractivity contribution in [3.63, 3.8) is 0 Å². The molecule has 2 aliphatic rings. The van der Waals surface area contributed by atoms with E-state index in [1.165, 1.54) is 11.9 Å². The minimum atomic E-state index is -0.771. The quantitative estimate of drug-likeness (QED) is 0.865. The van der Waals surface area contributed by atoms with E-state index in [1.807, 2.05) is 6.08 Å². The standard InChI is InChI=1S/C17H24ClN3O/c1-16(2)8-7-14(9-13-3-5-15(18)6-4-13)17(16,22)10-21-12-19-11-20-21/h3-5,11-12,14-15,22H,6-10H2,1-2H3. The van der Waals surface area contributed by atoms with Crippen LogP contribution < -0.4 is 0 Å². The predicted octanol–water partition coefficient (Wildman–Crippen LogP) is 3.33. The molecule has 5 heteroatoms. The number of aromatic nitrogens is 3. The zero-order valence-electron chi connectivity index (χ0n) is 13.2. The summed E-state index contributed by atoms with van der Waals surface area (Å²) in [6.45, 7) is 4.81. The molecule has 0 aliphatic heterocycles. The third-order valence-electron chi connectivity index (χ3n) is 5.44. The van der Waals surface area contributed by atoms with Gasteiger partial charge in [-0.3, -0.25) is 4.68 Å². The van der Waals surface area contributed by atoms with Crippen molar-refractivity contribution in [2.24, 2.45) is 11.3 Å². The first kappa shape index (κ1) is 15.8. The normalized spacial score (nSPS) is 33.9. The molecular formula is C17H24ClN3O.